The predicted molar refractivity (Wildman–Crippen MR) is 42.3 cm³/mol. The molecule has 0 bridgehead atoms. The highest BCUT2D eigenvalue weighted by Gasteiger charge is 2.19. The van der Waals surface area contributed by atoms with E-state index in [9.17, 15) is 4.79 Å². The van der Waals surface area contributed by atoms with Gasteiger partial charge in [-0.1, -0.05) is 23.7 Å². The van der Waals surface area contributed by atoms with Gasteiger partial charge in [-0.15, -0.1) is 0 Å². The van der Waals surface area contributed by atoms with E-state index >= 15 is 0 Å². The highest BCUT2D eigenvalue weighted by Crippen LogP contribution is 2.31. The first-order chi connectivity index (χ1) is 5.77. The number of carbonyl (C=O) groups is 1. The van der Waals surface area contributed by atoms with E-state index in [1.54, 1.807) is 18.2 Å². The maximum atomic E-state index is 10.7. The van der Waals surface area contributed by atoms with E-state index in [1.807, 2.05) is 0 Å². The van der Waals surface area contributed by atoms with Crippen LogP contribution in [0.15, 0.2) is 18.2 Å². The minimum absolute atomic E-state index is 0.231. The summed E-state index contributed by atoms with van der Waals surface area (Å²) in [7, 11) is 0. The van der Waals surface area contributed by atoms with Crippen molar-refractivity contribution in [3.63, 3.8) is 0 Å². The molecule has 3 nitrogen and oxygen atoms in total. The molecule has 1 heterocycles. The monoisotopic (exact) mass is 184 g/mol. The van der Waals surface area contributed by atoms with Gasteiger partial charge in [0.15, 0.2) is 5.75 Å². The van der Waals surface area contributed by atoms with Crippen LogP contribution in [0.3, 0.4) is 0 Å². The van der Waals surface area contributed by atoms with Crippen LogP contribution in [-0.2, 0) is 11.3 Å². The lowest BCUT2D eigenvalue weighted by molar-refractivity contribution is 0.0786. The van der Waals surface area contributed by atoms with Gasteiger partial charge < -0.3 is 9.47 Å². The van der Waals surface area contributed by atoms with Gasteiger partial charge in [0.1, 0.15) is 6.61 Å². The Morgan fingerprint density at radius 3 is 3.08 bits per heavy atom. The number of cyclic esters (lactones) is 1. The molecule has 1 aromatic rings. The van der Waals surface area contributed by atoms with Gasteiger partial charge in [0.25, 0.3) is 0 Å². The second-order valence-electron chi connectivity index (χ2n) is 2.37. The van der Waals surface area contributed by atoms with Gasteiger partial charge in [0.2, 0.25) is 0 Å². The van der Waals surface area contributed by atoms with Crippen LogP contribution in [0.25, 0.3) is 0 Å². The molecule has 0 spiro atoms. The molecule has 0 fully saturated rings. The van der Waals surface area contributed by atoms with Crippen LogP contribution in [-0.4, -0.2) is 6.16 Å². The van der Waals surface area contributed by atoms with Crippen molar-refractivity contribution in [2.24, 2.45) is 0 Å². The second kappa shape index (κ2) is 2.68. The molecule has 0 aromatic heterocycles. The number of fused-ring (bicyclic) bond motifs is 1. The summed E-state index contributed by atoms with van der Waals surface area (Å²) in [6.07, 6.45) is -0.699. The van der Waals surface area contributed by atoms with Crippen LogP contribution in [0.1, 0.15) is 5.56 Å². The number of halogens is 1. The van der Waals surface area contributed by atoms with E-state index in [0.29, 0.717) is 10.8 Å². The topological polar surface area (TPSA) is 35.5 Å². The molecule has 0 saturated heterocycles. The van der Waals surface area contributed by atoms with Crippen molar-refractivity contribution < 1.29 is 14.3 Å². The Morgan fingerprint density at radius 2 is 2.25 bits per heavy atom. The minimum atomic E-state index is -0.699. The van der Waals surface area contributed by atoms with Crippen molar-refractivity contribution in [2.75, 3.05) is 0 Å². The lowest BCUT2D eigenvalue weighted by Crippen LogP contribution is -2.17. The third kappa shape index (κ3) is 1.12. The van der Waals surface area contributed by atoms with E-state index in [2.05, 4.69) is 4.74 Å². The quantitative estimate of drug-likeness (QED) is 0.459. The highest BCUT2D eigenvalue weighted by molar-refractivity contribution is 6.32. The zero-order chi connectivity index (χ0) is 8.55. The third-order valence-corrected chi connectivity index (χ3v) is 1.88. The van der Waals surface area contributed by atoms with Gasteiger partial charge in [-0.3, -0.25) is 0 Å². The fourth-order valence-electron chi connectivity index (χ4n) is 1.03. The van der Waals surface area contributed by atoms with Crippen molar-refractivity contribution in [3.8, 4) is 5.75 Å². The molecule has 0 aliphatic carbocycles. The first-order valence-electron chi connectivity index (χ1n) is 3.39. The van der Waals surface area contributed by atoms with E-state index in [0.717, 1.165) is 5.56 Å². The van der Waals surface area contributed by atoms with Gasteiger partial charge in [0.05, 0.1) is 5.02 Å². The molecule has 62 valence electrons. The fraction of sp³-hybridized carbons (Fsp3) is 0.125. The number of hydrogen-bond donors (Lipinski definition) is 0. The van der Waals surface area contributed by atoms with Crippen LogP contribution in [0, 0.1) is 0 Å². The Bertz CT molecular complexity index is 335. The van der Waals surface area contributed by atoms with Crippen molar-refractivity contribution in [1.29, 1.82) is 0 Å². The Hall–Kier alpha value is -1.22. The SMILES string of the molecule is O=C1OCc2cccc(Cl)c2O1. The molecule has 0 amide bonds. The Labute approximate surface area is 73.8 Å². The van der Waals surface area contributed by atoms with E-state index in [1.165, 1.54) is 0 Å². The van der Waals surface area contributed by atoms with Crippen LogP contribution >= 0.6 is 11.6 Å². The van der Waals surface area contributed by atoms with E-state index in [4.69, 9.17) is 16.3 Å². The normalized spacial score (nSPS) is 14.6. The number of carbonyl (C=O) groups excluding carboxylic acids is 1. The molecule has 0 radical (unpaired) electrons. The summed E-state index contributed by atoms with van der Waals surface area (Å²) in [4.78, 5) is 10.7. The van der Waals surface area contributed by atoms with Crippen molar-refractivity contribution in [2.45, 2.75) is 6.61 Å². The lowest BCUT2D eigenvalue weighted by atomic mass is 10.2. The minimum Gasteiger partial charge on any atom is -0.429 e. The first-order valence-corrected chi connectivity index (χ1v) is 3.77. The summed E-state index contributed by atoms with van der Waals surface area (Å²) < 4.78 is 9.41. The van der Waals surface area contributed by atoms with E-state index < -0.39 is 6.16 Å². The largest absolute Gasteiger partial charge is 0.514 e. The summed E-state index contributed by atoms with van der Waals surface area (Å²) in [5, 5.41) is 0.434. The maximum absolute atomic E-state index is 10.7. The Kier molecular flexibility index (Phi) is 1.66. The van der Waals surface area contributed by atoms with Crippen molar-refractivity contribution >= 4 is 17.8 Å². The molecular formula is C8H5ClO3. The molecule has 12 heavy (non-hydrogen) atoms. The van der Waals surface area contributed by atoms with Gasteiger partial charge in [-0.2, -0.15) is 0 Å². The fourth-order valence-corrected chi connectivity index (χ4v) is 1.26. The summed E-state index contributed by atoms with van der Waals surface area (Å²) >= 11 is 5.77. The first kappa shape index (κ1) is 7.43. The lowest BCUT2D eigenvalue weighted by Gasteiger charge is -2.16. The Balaban J connectivity index is 2.50. The van der Waals surface area contributed by atoms with Gasteiger partial charge in [-0.25, -0.2) is 4.79 Å². The molecule has 0 N–H and O–H groups in total. The molecule has 4 heteroatoms. The second-order valence-corrected chi connectivity index (χ2v) is 2.78. The number of rotatable bonds is 0. The van der Waals surface area contributed by atoms with Crippen LogP contribution in [0.4, 0.5) is 4.79 Å². The van der Waals surface area contributed by atoms with Crippen LogP contribution in [0.5, 0.6) is 5.75 Å². The molecule has 0 atom stereocenters. The summed E-state index contributed by atoms with van der Waals surface area (Å²) in [5.41, 5.74) is 0.794. The molecule has 0 unspecified atom stereocenters. The molecule has 2 rings (SSSR count). The molecular weight excluding hydrogens is 180 g/mol. The number of ether oxygens (including phenoxy) is 2. The average molecular weight is 185 g/mol. The highest BCUT2D eigenvalue weighted by atomic mass is 35.5. The maximum Gasteiger partial charge on any atom is 0.514 e. The van der Waals surface area contributed by atoms with E-state index in [-0.39, 0.29) is 6.61 Å². The number of benzene rings is 1. The third-order valence-electron chi connectivity index (χ3n) is 1.58. The molecule has 1 aliphatic heterocycles. The van der Waals surface area contributed by atoms with Gasteiger partial charge in [-0.05, 0) is 6.07 Å². The smallest absolute Gasteiger partial charge is 0.429 e. The average Bonchev–Trinajstić information content (AvgIpc) is 2.07. The number of para-hydroxylation sites is 1. The predicted octanol–water partition coefficient (Wildman–Crippen LogP) is 2.37. The molecule has 1 aliphatic rings. The standard InChI is InChI=1S/C8H5ClO3/c9-6-3-1-2-5-4-11-8(10)12-7(5)6/h1-3H,4H2. The zero-order valence-corrected chi connectivity index (χ0v) is 6.80. The summed E-state index contributed by atoms with van der Waals surface area (Å²) in [5.74, 6) is 0.412. The van der Waals surface area contributed by atoms with Gasteiger partial charge in [0, 0.05) is 5.56 Å². The van der Waals surface area contributed by atoms with Crippen LogP contribution < -0.4 is 4.74 Å². The Morgan fingerprint density at radius 1 is 1.42 bits per heavy atom. The van der Waals surface area contributed by atoms with Crippen LogP contribution in [0.2, 0.25) is 5.02 Å². The summed E-state index contributed by atoms with van der Waals surface area (Å²) in [6.45, 7) is 0.231. The zero-order valence-electron chi connectivity index (χ0n) is 6.04. The molecule has 0 saturated carbocycles. The van der Waals surface area contributed by atoms with Crippen molar-refractivity contribution in [3.05, 3.63) is 28.8 Å². The molecule has 1 aromatic carbocycles. The number of hydrogen-bond acceptors (Lipinski definition) is 3. The van der Waals surface area contributed by atoms with Gasteiger partial charge >= 0.3 is 6.16 Å². The summed E-state index contributed by atoms with van der Waals surface area (Å²) in [6, 6.07) is 5.25. The van der Waals surface area contributed by atoms with Crippen molar-refractivity contribution in [1.82, 2.24) is 0 Å².